The van der Waals surface area contributed by atoms with Gasteiger partial charge in [0.15, 0.2) is 0 Å². The summed E-state index contributed by atoms with van der Waals surface area (Å²) in [5.41, 5.74) is 3.86. The van der Waals surface area contributed by atoms with E-state index in [4.69, 9.17) is 4.74 Å². The van der Waals surface area contributed by atoms with E-state index in [2.05, 4.69) is 38.2 Å². The minimum atomic E-state index is 0.710. The van der Waals surface area contributed by atoms with E-state index in [-0.39, 0.29) is 0 Å². The average molecular weight is 275 g/mol. The maximum absolute atomic E-state index is 5.96. The van der Waals surface area contributed by atoms with Crippen LogP contribution < -0.4 is 10.1 Å². The van der Waals surface area contributed by atoms with Crippen LogP contribution in [-0.4, -0.2) is 19.2 Å². The Bertz CT molecular complexity index is 420. The highest BCUT2D eigenvalue weighted by molar-refractivity contribution is 5.41. The smallest absolute Gasteiger partial charge is 0.122 e. The molecule has 2 heteroatoms. The van der Waals surface area contributed by atoms with Crippen molar-refractivity contribution in [1.29, 1.82) is 0 Å². The predicted molar refractivity (Wildman–Crippen MR) is 85.6 cm³/mol. The Balaban J connectivity index is 1.75. The molecule has 0 atom stereocenters. The lowest BCUT2D eigenvalue weighted by molar-refractivity contribution is 0.298. The molecule has 0 unspecified atom stereocenters. The molecular formula is C18H29NO. The summed E-state index contributed by atoms with van der Waals surface area (Å²) in [7, 11) is 0. The highest BCUT2D eigenvalue weighted by atomic mass is 16.5. The molecule has 0 aliphatic heterocycles. The van der Waals surface area contributed by atoms with Gasteiger partial charge in [0.2, 0.25) is 0 Å². The van der Waals surface area contributed by atoms with Gasteiger partial charge in [-0.2, -0.15) is 0 Å². The molecule has 1 aromatic rings. The van der Waals surface area contributed by atoms with Crippen molar-refractivity contribution in [2.24, 2.45) is 0 Å². The van der Waals surface area contributed by atoms with Crippen LogP contribution in [0.1, 0.15) is 55.2 Å². The number of rotatable bonds is 5. The second-order valence-electron chi connectivity index (χ2n) is 6.20. The molecule has 0 aromatic heterocycles. The molecular weight excluding hydrogens is 246 g/mol. The summed E-state index contributed by atoms with van der Waals surface area (Å²) in [5, 5.41) is 3.66. The number of hydrogen-bond acceptors (Lipinski definition) is 2. The minimum absolute atomic E-state index is 0.710. The SMILES string of the molecule is Cc1cc(C)c(C)c(OCCNC2CCCCCC2)c1. The van der Waals surface area contributed by atoms with Crippen LogP contribution in [0.4, 0.5) is 0 Å². The van der Waals surface area contributed by atoms with E-state index in [0.717, 1.165) is 18.9 Å². The molecule has 1 aromatic carbocycles. The molecule has 2 rings (SSSR count). The van der Waals surface area contributed by atoms with Gasteiger partial charge in [-0.1, -0.05) is 31.7 Å². The van der Waals surface area contributed by atoms with Crippen molar-refractivity contribution in [2.75, 3.05) is 13.2 Å². The van der Waals surface area contributed by atoms with Crippen LogP contribution >= 0.6 is 0 Å². The van der Waals surface area contributed by atoms with Gasteiger partial charge < -0.3 is 10.1 Å². The van der Waals surface area contributed by atoms with E-state index in [1.807, 2.05) is 0 Å². The van der Waals surface area contributed by atoms with Crippen LogP contribution in [0.5, 0.6) is 5.75 Å². The zero-order valence-electron chi connectivity index (χ0n) is 13.3. The van der Waals surface area contributed by atoms with Gasteiger partial charge in [-0.3, -0.25) is 0 Å². The van der Waals surface area contributed by atoms with Crippen molar-refractivity contribution in [2.45, 2.75) is 65.3 Å². The fourth-order valence-corrected chi connectivity index (χ4v) is 3.06. The molecule has 1 aliphatic carbocycles. The number of aryl methyl sites for hydroxylation is 2. The van der Waals surface area contributed by atoms with E-state index in [1.165, 1.54) is 55.2 Å². The molecule has 0 saturated heterocycles. The Morgan fingerprint density at radius 3 is 2.45 bits per heavy atom. The number of benzene rings is 1. The summed E-state index contributed by atoms with van der Waals surface area (Å²) in [4.78, 5) is 0. The zero-order valence-corrected chi connectivity index (χ0v) is 13.3. The van der Waals surface area contributed by atoms with Crippen LogP contribution in [0, 0.1) is 20.8 Å². The lowest BCUT2D eigenvalue weighted by atomic mass is 10.1. The van der Waals surface area contributed by atoms with Crippen LogP contribution in [0.3, 0.4) is 0 Å². The minimum Gasteiger partial charge on any atom is -0.492 e. The Labute approximate surface area is 123 Å². The fraction of sp³-hybridized carbons (Fsp3) is 0.667. The molecule has 0 amide bonds. The lowest BCUT2D eigenvalue weighted by Gasteiger charge is -2.17. The number of nitrogens with one attached hydrogen (secondary N) is 1. The first kappa shape index (κ1) is 15.4. The zero-order chi connectivity index (χ0) is 14.4. The van der Waals surface area contributed by atoms with Gasteiger partial charge in [0.25, 0.3) is 0 Å². The summed E-state index contributed by atoms with van der Waals surface area (Å²) >= 11 is 0. The Morgan fingerprint density at radius 2 is 1.75 bits per heavy atom. The second kappa shape index (κ2) is 7.68. The monoisotopic (exact) mass is 275 g/mol. The Hall–Kier alpha value is -1.02. The van der Waals surface area contributed by atoms with E-state index in [0.29, 0.717) is 6.04 Å². The fourth-order valence-electron chi connectivity index (χ4n) is 3.06. The van der Waals surface area contributed by atoms with Crippen LogP contribution in [0.25, 0.3) is 0 Å². The molecule has 0 radical (unpaired) electrons. The van der Waals surface area contributed by atoms with Crippen LogP contribution in [0.2, 0.25) is 0 Å². The van der Waals surface area contributed by atoms with Gasteiger partial charge in [-0.25, -0.2) is 0 Å². The van der Waals surface area contributed by atoms with Gasteiger partial charge in [0.1, 0.15) is 12.4 Å². The molecule has 112 valence electrons. The van der Waals surface area contributed by atoms with E-state index in [1.54, 1.807) is 0 Å². The first-order valence-electron chi connectivity index (χ1n) is 8.11. The molecule has 1 saturated carbocycles. The second-order valence-corrected chi connectivity index (χ2v) is 6.20. The van der Waals surface area contributed by atoms with E-state index < -0.39 is 0 Å². The quantitative estimate of drug-likeness (QED) is 0.639. The first-order chi connectivity index (χ1) is 9.66. The standard InChI is InChI=1S/C18H29NO/c1-14-12-15(2)16(3)18(13-14)20-11-10-19-17-8-6-4-5-7-9-17/h12-13,17,19H,4-11H2,1-3H3. The van der Waals surface area contributed by atoms with Crippen molar-refractivity contribution < 1.29 is 4.74 Å². The van der Waals surface area contributed by atoms with E-state index in [9.17, 15) is 0 Å². The van der Waals surface area contributed by atoms with Gasteiger partial charge >= 0.3 is 0 Å². The van der Waals surface area contributed by atoms with Crippen molar-refractivity contribution in [3.8, 4) is 5.75 Å². The van der Waals surface area contributed by atoms with Crippen LogP contribution in [0.15, 0.2) is 12.1 Å². The predicted octanol–water partition coefficient (Wildman–Crippen LogP) is 4.30. The number of hydrogen-bond donors (Lipinski definition) is 1. The molecule has 1 fully saturated rings. The summed E-state index contributed by atoms with van der Waals surface area (Å²) < 4.78 is 5.96. The molecule has 0 spiro atoms. The molecule has 1 N–H and O–H groups in total. The van der Waals surface area contributed by atoms with Crippen molar-refractivity contribution in [1.82, 2.24) is 5.32 Å². The third-order valence-corrected chi connectivity index (χ3v) is 4.41. The van der Waals surface area contributed by atoms with Crippen LogP contribution in [-0.2, 0) is 0 Å². The summed E-state index contributed by atoms with van der Waals surface area (Å²) in [6, 6.07) is 5.07. The Kier molecular flexibility index (Phi) is 5.90. The topological polar surface area (TPSA) is 21.3 Å². The summed E-state index contributed by atoms with van der Waals surface area (Å²) in [6.07, 6.45) is 8.27. The highest BCUT2D eigenvalue weighted by Gasteiger charge is 2.11. The van der Waals surface area contributed by atoms with E-state index >= 15 is 0 Å². The average Bonchev–Trinajstić information content (AvgIpc) is 2.68. The molecule has 0 heterocycles. The van der Waals surface area contributed by atoms with Gasteiger partial charge in [-0.05, 0) is 56.4 Å². The van der Waals surface area contributed by atoms with Gasteiger partial charge in [0, 0.05) is 12.6 Å². The van der Waals surface area contributed by atoms with Crippen molar-refractivity contribution in [3.63, 3.8) is 0 Å². The van der Waals surface area contributed by atoms with Gasteiger partial charge in [-0.15, -0.1) is 0 Å². The summed E-state index contributed by atoms with van der Waals surface area (Å²) in [6.45, 7) is 8.14. The third-order valence-electron chi connectivity index (χ3n) is 4.41. The molecule has 0 bridgehead atoms. The highest BCUT2D eigenvalue weighted by Crippen LogP contribution is 2.23. The molecule has 2 nitrogen and oxygen atoms in total. The number of ether oxygens (including phenoxy) is 1. The Morgan fingerprint density at radius 1 is 1.05 bits per heavy atom. The maximum Gasteiger partial charge on any atom is 0.122 e. The van der Waals surface area contributed by atoms with Crippen molar-refractivity contribution in [3.05, 3.63) is 28.8 Å². The maximum atomic E-state index is 5.96. The van der Waals surface area contributed by atoms with Crippen molar-refractivity contribution >= 4 is 0 Å². The summed E-state index contributed by atoms with van der Waals surface area (Å²) in [5.74, 6) is 1.05. The first-order valence-corrected chi connectivity index (χ1v) is 8.11. The van der Waals surface area contributed by atoms with Gasteiger partial charge in [0.05, 0.1) is 0 Å². The normalized spacial score (nSPS) is 16.9. The molecule has 1 aliphatic rings. The molecule has 20 heavy (non-hydrogen) atoms. The third kappa shape index (κ3) is 4.52. The lowest BCUT2D eigenvalue weighted by Crippen LogP contribution is -2.32. The largest absolute Gasteiger partial charge is 0.492 e.